The molecule has 0 aliphatic rings. The van der Waals surface area contributed by atoms with Crippen LogP contribution >= 0.6 is 0 Å². The Balaban J connectivity index is 1.72. The summed E-state index contributed by atoms with van der Waals surface area (Å²) in [6.45, 7) is 3.24. The maximum absolute atomic E-state index is 12.8. The number of benzene rings is 2. The summed E-state index contributed by atoms with van der Waals surface area (Å²) in [5.74, 6) is 0.714. The van der Waals surface area contributed by atoms with Gasteiger partial charge in [-0.15, -0.1) is 0 Å². The Kier molecular flexibility index (Phi) is 5.37. The summed E-state index contributed by atoms with van der Waals surface area (Å²) in [6.07, 6.45) is 3.06. The van der Waals surface area contributed by atoms with E-state index in [2.05, 4.69) is 34.1 Å². The molecule has 0 saturated heterocycles. The van der Waals surface area contributed by atoms with Gasteiger partial charge in [0.1, 0.15) is 0 Å². The molecule has 0 unspecified atom stereocenters. The highest BCUT2D eigenvalue weighted by Crippen LogP contribution is 2.20. The van der Waals surface area contributed by atoms with E-state index in [0.29, 0.717) is 24.4 Å². The topological polar surface area (TPSA) is 49.6 Å². The first-order valence-electron chi connectivity index (χ1n) is 8.63. The van der Waals surface area contributed by atoms with Crippen LogP contribution in [-0.4, -0.2) is 36.4 Å². The third-order valence-electron chi connectivity index (χ3n) is 4.34. The van der Waals surface area contributed by atoms with Crippen LogP contribution in [0, 0.1) is 0 Å². The molecule has 26 heavy (non-hydrogen) atoms. The lowest BCUT2D eigenvalue weighted by Crippen LogP contribution is -2.30. The maximum atomic E-state index is 12.8. The van der Waals surface area contributed by atoms with Gasteiger partial charge in [-0.25, -0.2) is 4.98 Å². The Morgan fingerprint density at radius 3 is 2.27 bits per heavy atom. The molecule has 3 rings (SSSR count). The van der Waals surface area contributed by atoms with E-state index in [-0.39, 0.29) is 5.91 Å². The predicted octanol–water partition coefficient (Wildman–Crippen LogP) is 4.07. The number of oxazole rings is 1. The minimum absolute atomic E-state index is 0.0216. The van der Waals surface area contributed by atoms with Gasteiger partial charge in [0, 0.05) is 44.0 Å². The van der Waals surface area contributed by atoms with Crippen LogP contribution in [0.15, 0.2) is 65.5 Å². The Bertz CT molecular complexity index is 838. The van der Waals surface area contributed by atoms with Crippen LogP contribution in [0.4, 0.5) is 5.69 Å². The third-order valence-corrected chi connectivity index (χ3v) is 4.34. The predicted molar refractivity (Wildman–Crippen MR) is 103 cm³/mol. The van der Waals surface area contributed by atoms with Crippen molar-refractivity contribution in [3.8, 4) is 11.3 Å². The molecule has 0 fully saturated rings. The number of hydrogen-bond acceptors (Lipinski definition) is 4. The van der Waals surface area contributed by atoms with E-state index in [1.54, 1.807) is 6.20 Å². The lowest BCUT2D eigenvalue weighted by molar-refractivity contribution is 0.0752. The van der Waals surface area contributed by atoms with Gasteiger partial charge in [-0.2, -0.15) is 0 Å². The minimum Gasteiger partial charge on any atom is -0.444 e. The molecule has 0 saturated carbocycles. The number of amides is 1. The van der Waals surface area contributed by atoms with Crippen molar-refractivity contribution in [2.45, 2.75) is 13.5 Å². The van der Waals surface area contributed by atoms with E-state index < -0.39 is 0 Å². The zero-order valence-corrected chi connectivity index (χ0v) is 15.3. The average molecular weight is 349 g/mol. The summed E-state index contributed by atoms with van der Waals surface area (Å²) >= 11 is 0. The number of nitrogens with zero attached hydrogens (tertiary/aromatic N) is 3. The second kappa shape index (κ2) is 7.87. The molecule has 0 bridgehead atoms. The molecule has 5 nitrogen and oxygen atoms in total. The highest BCUT2D eigenvalue weighted by atomic mass is 16.3. The highest BCUT2D eigenvalue weighted by Gasteiger charge is 2.15. The molecule has 0 aliphatic heterocycles. The second-order valence-corrected chi connectivity index (χ2v) is 6.32. The van der Waals surface area contributed by atoms with Crippen molar-refractivity contribution in [3.05, 3.63) is 72.2 Å². The Hall–Kier alpha value is -3.08. The first-order chi connectivity index (χ1) is 12.6. The van der Waals surface area contributed by atoms with Crippen molar-refractivity contribution in [1.82, 2.24) is 9.88 Å². The Morgan fingerprint density at radius 2 is 1.73 bits per heavy atom. The van der Waals surface area contributed by atoms with Gasteiger partial charge in [0.15, 0.2) is 12.2 Å². The van der Waals surface area contributed by atoms with Gasteiger partial charge in [-0.1, -0.05) is 24.3 Å². The second-order valence-electron chi connectivity index (χ2n) is 6.32. The number of hydrogen-bond donors (Lipinski definition) is 0. The fraction of sp³-hybridized carbons (Fsp3) is 0.238. The van der Waals surface area contributed by atoms with Crippen LogP contribution in [0.1, 0.15) is 22.8 Å². The van der Waals surface area contributed by atoms with Crippen LogP contribution in [0.5, 0.6) is 0 Å². The van der Waals surface area contributed by atoms with Crippen molar-refractivity contribution < 1.29 is 9.21 Å². The summed E-state index contributed by atoms with van der Waals surface area (Å²) < 4.78 is 5.28. The van der Waals surface area contributed by atoms with Crippen molar-refractivity contribution in [2.75, 3.05) is 25.5 Å². The summed E-state index contributed by atoms with van der Waals surface area (Å²) in [5.41, 5.74) is 3.83. The first-order valence-corrected chi connectivity index (χ1v) is 8.63. The van der Waals surface area contributed by atoms with Gasteiger partial charge >= 0.3 is 0 Å². The molecule has 2 aromatic carbocycles. The summed E-state index contributed by atoms with van der Waals surface area (Å²) in [4.78, 5) is 20.7. The quantitative estimate of drug-likeness (QED) is 0.673. The van der Waals surface area contributed by atoms with Crippen molar-refractivity contribution in [3.63, 3.8) is 0 Å². The normalized spacial score (nSPS) is 10.6. The largest absolute Gasteiger partial charge is 0.444 e. The molecule has 1 heterocycles. The van der Waals surface area contributed by atoms with Crippen LogP contribution in [0.25, 0.3) is 11.3 Å². The monoisotopic (exact) mass is 349 g/mol. The van der Waals surface area contributed by atoms with Crippen LogP contribution < -0.4 is 4.90 Å². The van der Waals surface area contributed by atoms with E-state index in [0.717, 1.165) is 16.8 Å². The SMILES string of the molecule is CCN(Cc1ccc(N(C)C)cc1)C(=O)c1ccc(-c2cnco2)cc1. The highest BCUT2D eigenvalue weighted by molar-refractivity contribution is 5.94. The molecule has 0 N–H and O–H groups in total. The van der Waals surface area contributed by atoms with E-state index in [1.165, 1.54) is 6.39 Å². The molecule has 1 amide bonds. The molecular weight excluding hydrogens is 326 g/mol. The van der Waals surface area contributed by atoms with Gasteiger partial charge in [-0.3, -0.25) is 4.79 Å². The summed E-state index contributed by atoms with van der Waals surface area (Å²) in [6, 6.07) is 15.7. The molecule has 0 aliphatic carbocycles. The number of carbonyl (C=O) groups is 1. The number of aromatic nitrogens is 1. The van der Waals surface area contributed by atoms with Gasteiger partial charge in [0.2, 0.25) is 0 Å². The lowest BCUT2D eigenvalue weighted by atomic mass is 10.1. The fourth-order valence-electron chi connectivity index (χ4n) is 2.77. The number of rotatable bonds is 6. The zero-order valence-electron chi connectivity index (χ0n) is 15.3. The van der Waals surface area contributed by atoms with E-state index in [4.69, 9.17) is 4.42 Å². The molecule has 0 spiro atoms. The number of carbonyl (C=O) groups excluding carboxylic acids is 1. The first kappa shape index (κ1) is 17.7. The average Bonchev–Trinajstić information content (AvgIpc) is 3.21. The minimum atomic E-state index is 0.0216. The van der Waals surface area contributed by atoms with E-state index >= 15 is 0 Å². The molecule has 0 radical (unpaired) electrons. The van der Waals surface area contributed by atoms with E-state index in [9.17, 15) is 4.79 Å². The molecule has 5 heteroatoms. The van der Waals surface area contributed by atoms with Crippen LogP contribution in [0.2, 0.25) is 0 Å². The Labute approximate surface area is 153 Å². The zero-order chi connectivity index (χ0) is 18.5. The summed E-state index contributed by atoms with van der Waals surface area (Å²) in [5, 5.41) is 0. The third kappa shape index (κ3) is 3.94. The van der Waals surface area contributed by atoms with Crippen molar-refractivity contribution >= 4 is 11.6 Å². The summed E-state index contributed by atoms with van der Waals surface area (Å²) in [7, 11) is 4.03. The van der Waals surface area contributed by atoms with Gasteiger partial charge in [0.25, 0.3) is 5.91 Å². The smallest absolute Gasteiger partial charge is 0.254 e. The lowest BCUT2D eigenvalue weighted by Gasteiger charge is -2.22. The molecular formula is C21H23N3O2. The van der Waals surface area contributed by atoms with Crippen molar-refractivity contribution in [1.29, 1.82) is 0 Å². The van der Waals surface area contributed by atoms with Crippen LogP contribution in [0.3, 0.4) is 0 Å². The van der Waals surface area contributed by atoms with Gasteiger partial charge in [-0.05, 0) is 36.8 Å². The maximum Gasteiger partial charge on any atom is 0.254 e. The van der Waals surface area contributed by atoms with Crippen LogP contribution in [-0.2, 0) is 6.54 Å². The van der Waals surface area contributed by atoms with Crippen molar-refractivity contribution in [2.24, 2.45) is 0 Å². The molecule has 3 aromatic rings. The fourth-order valence-corrected chi connectivity index (χ4v) is 2.77. The Morgan fingerprint density at radius 1 is 1.04 bits per heavy atom. The van der Waals surface area contributed by atoms with Gasteiger partial charge < -0.3 is 14.2 Å². The molecule has 134 valence electrons. The van der Waals surface area contributed by atoms with E-state index in [1.807, 2.05) is 50.2 Å². The van der Waals surface area contributed by atoms with Gasteiger partial charge in [0.05, 0.1) is 6.20 Å². The molecule has 1 aromatic heterocycles. The number of anilines is 1. The molecule has 0 atom stereocenters. The standard InChI is InChI=1S/C21H23N3O2/c1-4-24(14-16-5-11-19(12-6-16)23(2)3)21(25)18-9-7-17(8-10-18)20-13-22-15-26-20/h5-13,15H,4,14H2,1-3H3.